The number of nitrogens with zero attached hydrogens (tertiary/aromatic N) is 2. The third-order valence-electron chi connectivity index (χ3n) is 4.19. The smallest absolute Gasteiger partial charge is 0.288 e. The van der Waals surface area contributed by atoms with Crippen LogP contribution in [0.5, 0.6) is 0 Å². The summed E-state index contributed by atoms with van der Waals surface area (Å²) in [6.07, 6.45) is 2.85. The maximum Gasteiger partial charge on any atom is 0.288 e. The molecule has 1 aromatic carbocycles. The molecule has 6 nitrogen and oxygen atoms in total. The van der Waals surface area contributed by atoms with E-state index in [1.54, 1.807) is 24.4 Å². The Hall–Kier alpha value is -2.41. The first-order chi connectivity index (χ1) is 11.0. The number of hydrogen-bond donors (Lipinski definition) is 1. The van der Waals surface area contributed by atoms with Crippen LogP contribution in [0.1, 0.15) is 12.8 Å². The highest BCUT2D eigenvalue weighted by Crippen LogP contribution is 2.35. The maximum absolute atomic E-state index is 15.5. The van der Waals surface area contributed by atoms with Crippen LogP contribution in [-0.4, -0.2) is 41.5 Å². The molecule has 0 saturated carbocycles. The van der Waals surface area contributed by atoms with E-state index in [9.17, 15) is 9.59 Å². The lowest BCUT2D eigenvalue weighted by Gasteiger charge is -2.35. The van der Waals surface area contributed by atoms with Crippen molar-refractivity contribution in [2.75, 3.05) is 26.0 Å². The zero-order valence-electron chi connectivity index (χ0n) is 12.8. The lowest BCUT2D eigenvalue weighted by atomic mass is 10.0. The number of imide groups is 1. The molecule has 1 aliphatic rings. The first kappa shape index (κ1) is 15.5. The standard InChI is InChI=1S/C16H18FN3O3/c1-23-8-7-20-14(21)5-6-16(17,15(20)22)19-9-11-3-2-4-13(18)12(11)10-19/h2-4,9-10H,5-8,18H2,1H3. The van der Waals surface area contributed by atoms with E-state index in [2.05, 4.69) is 0 Å². The molecule has 2 amide bonds. The highest BCUT2D eigenvalue weighted by atomic mass is 19.1. The summed E-state index contributed by atoms with van der Waals surface area (Å²) in [4.78, 5) is 25.4. The number of nitrogen functional groups attached to an aromatic ring is 1. The molecule has 0 spiro atoms. The Morgan fingerprint density at radius 3 is 2.83 bits per heavy atom. The fourth-order valence-electron chi connectivity index (χ4n) is 2.88. The minimum absolute atomic E-state index is 0.0318. The molecule has 2 N–H and O–H groups in total. The summed E-state index contributed by atoms with van der Waals surface area (Å²) in [6.45, 7) is 0.219. The number of carbonyl (C=O) groups is 2. The molecule has 23 heavy (non-hydrogen) atoms. The highest BCUT2D eigenvalue weighted by molar-refractivity contribution is 6.01. The summed E-state index contributed by atoms with van der Waals surface area (Å²) in [5, 5.41) is 1.42. The van der Waals surface area contributed by atoms with Gasteiger partial charge >= 0.3 is 0 Å². The number of aromatic nitrogens is 1. The van der Waals surface area contributed by atoms with Crippen molar-refractivity contribution in [3.8, 4) is 0 Å². The van der Waals surface area contributed by atoms with Crippen LogP contribution < -0.4 is 5.73 Å². The van der Waals surface area contributed by atoms with Crippen molar-refractivity contribution in [2.45, 2.75) is 18.6 Å². The highest BCUT2D eigenvalue weighted by Gasteiger charge is 2.49. The summed E-state index contributed by atoms with van der Waals surface area (Å²) >= 11 is 0. The fourth-order valence-corrected chi connectivity index (χ4v) is 2.88. The number of hydrogen-bond acceptors (Lipinski definition) is 4. The first-order valence-electron chi connectivity index (χ1n) is 7.36. The number of alkyl halides is 1. The molecule has 0 aliphatic carbocycles. The Morgan fingerprint density at radius 2 is 2.13 bits per heavy atom. The van der Waals surface area contributed by atoms with E-state index in [0.29, 0.717) is 11.1 Å². The molecule has 1 aliphatic heterocycles. The zero-order valence-corrected chi connectivity index (χ0v) is 12.8. The number of benzene rings is 1. The van der Waals surface area contributed by atoms with Crippen LogP contribution in [0.15, 0.2) is 30.6 Å². The largest absolute Gasteiger partial charge is 0.398 e. The van der Waals surface area contributed by atoms with Crippen molar-refractivity contribution in [2.24, 2.45) is 0 Å². The number of likely N-dealkylation sites (tertiary alicyclic amines) is 1. The van der Waals surface area contributed by atoms with Crippen molar-refractivity contribution in [1.29, 1.82) is 0 Å². The van der Waals surface area contributed by atoms with Crippen LogP contribution in [0.3, 0.4) is 0 Å². The Balaban J connectivity index is 2.00. The van der Waals surface area contributed by atoms with Crippen LogP contribution in [0.25, 0.3) is 10.8 Å². The van der Waals surface area contributed by atoms with E-state index in [-0.39, 0.29) is 31.9 Å². The fraction of sp³-hybridized carbons (Fsp3) is 0.375. The molecule has 122 valence electrons. The van der Waals surface area contributed by atoms with Gasteiger partial charge in [-0.05, 0) is 6.07 Å². The number of carbonyl (C=O) groups excluding carboxylic acids is 2. The molecule has 1 atom stereocenters. The number of amides is 2. The summed E-state index contributed by atoms with van der Waals surface area (Å²) in [5.41, 5.74) is 6.40. The molecule has 1 fully saturated rings. The van der Waals surface area contributed by atoms with Crippen LogP contribution in [0.2, 0.25) is 0 Å². The Kier molecular flexibility index (Phi) is 3.81. The monoisotopic (exact) mass is 319 g/mol. The van der Waals surface area contributed by atoms with Gasteiger partial charge in [0.25, 0.3) is 11.7 Å². The molecule has 2 heterocycles. The van der Waals surface area contributed by atoms with Gasteiger partial charge in [-0.2, -0.15) is 0 Å². The van der Waals surface area contributed by atoms with Gasteiger partial charge in [-0.15, -0.1) is 0 Å². The lowest BCUT2D eigenvalue weighted by molar-refractivity contribution is -0.166. The Morgan fingerprint density at radius 1 is 1.35 bits per heavy atom. The quantitative estimate of drug-likeness (QED) is 0.686. The van der Waals surface area contributed by atoms with Crippen molar-refractivity contribution in [3.05, 3.63) is 30.6 Å². The second-order valence-corrected chi connectivity index (χ2v) is 5.62. The molecule has 7 heteroatoms. The van der Waals surface area contributed by atoms with E-state index < -0.39 is 11.7 Å². The van der Waals surface area contributed by atoms with Gasteiger partial charge in [0.05, 0.1) is 13.2 Å². The molecule has 0 radical (unpaired) electrons. The third kappa shape index (κ3) is 2.46. The molecular formula is C16H18FN3O3. The second-order valence-electron chi connectivity index (χ2n) is 5.62. The molecule has 0 bridgehead atoms. The average molecular weight is 319 g/mol. The van der Waals surface area contributed by atoms with Crippen LogP contribution in [-0.2, 0) is 20.1 Å². The van der Waals surface area contributed by atoms with Gasteiger partial charge in [-0.1, -0.05) is 12.1 Å². The number of anilines is 1. The number of halogens is 1. The summed E-state index contributed by atoms with van der Waals surface area (Å²) < 4.78 is 21.6. The number of methoxy groups -OCH3 is 1. The number of nitrogens with two attached hydrogens (primary N) is 1. The SMILES string of the molecule is COCCN1C(=O)CCC(F)(n2cc3cccc(N)c3c2)C1=O. The van der Waals surface area contributed by atoms with Crippen LogP contribution >= 0.6 is 0 Å². The Bertz CT molecular complexity index is 773. The Labute approximate surface area is 132 Å². The van der Waals surface area contributed by atoms with Gasteiger partial charge in [-0.3, -0.25) is 14.5 Å². The molecule has 1 unspecified atom stereocenters. The van der Waals surface area contributed by atoms with Gasteiger partial charge in [-0.25, -0.2) is 4.39 Å². The van der Waals surface area contributed by atoms with Crippen LogP contribution in [0.4, 0.5) is 10.1 Å². The lowest BCUT2D eigenvalue weighted by Crippen LogP contribution is -2.55. The van der Waals surface area contributed by atoms with Crippen molar-refractivity contribution in [1.82, 2.24) is 9.47 Å². The first-order valence-corrected chi connectivity index (χ1v) is 7.36. The average Bonchev–Trinajstić information content (AvgIpc) is 2.98. The predicted molar refractivity (Wildman–Crippen MR) is 83.3 cm³/mol. The molecule has 2 aromatic rings. The van der Waals surface area contributed by atoms with Gasteiger partial charge in [0.15, 0.2) is 0 Å². The normalized spacial score (nSPS) is 22.1. The molecular weight excluding hydrogens is 301 g/mol. The predicted octanol–water partition coefficient (Wildman–Crippen LogP) is 1.64. The third-order valence-corrected chi connectivity index (χ3v) is 4.19. The van der Waals surface area contributed by atoms with E-state index in [1.165, 1.54) is 17.9 Å². The van der Waals surface area contributed by atoms with E-state index >= 15 is 4.39 Å². The van der Waals surface area contributed by atoms with Gasteiger partial charge in [0.1, 0.15) is 0 Å². The van der Waals surface area contributed by atoms with Crippen LogP contribution in [0, 0.1) is 0 Å². The zero-order chi connectivity index (χ0) is 16.6. The maximum atomic E-state index is 15.5. The minimum Gasteiger partial charge on any atom is -0.398 e. The number of piperidine rings is 1. The van der Waals surface area contributed by atoms with E-state index in [4.69, 9.17) is 10.5 Å². The minimum atomic E-state index is -2.28. The van der Waals surface area contributed by atoms with Gasteiger partial charge < -0.3 is 15.0 Å². The molecule has 1 aromatic heterocycles. The van der Waals surface area contributed by atoms with Crippen molar-refractivity contribution < 1.29 is 18.7 Å². The number of ether oxygens (including phenoxy) is 1. The van der Waals surface area contributed by atoms with Gasteiger partial charge in [0.2, 0.25) is 5.91 Å². The van der Waals surface area contributed by atoms with E-state index in [0.717, 1.165) is 10.3 Å². The number of rotatable bonds is 4. The second kappa shape index (κ2) is 5.66. The molecule has 3 rings (SSSR count). The van der Waals surface area contributed by atoms with E-state index in [1.807, 2.05) is 0 Å². The number of fused-ring (bicyclic) bond motifs is 1. The topological polar surface area (TPSA) is 77.6 Å². The van der Waals surface area contributed by atoms with Crippen molar-refractivity contribution in [3.63, 3.8) is 0 Å². The van der Waals surface area contributed by atoms with Gasteiger partial charge in [0, 0.05) is 48.8 Å². The molecule has 1 saturated heterocycles. The van der Waals surface area contributed by atoms with Crippen molar-refractivity contribution >= 4 is 28.3 Å². The summed E-state index contributed by atoms with van der Waals surface area (Å²) in [5.74, 6) is -3.52. The summed E-state index contributed by atoms with van der Waals surface area (Å²) in [7, 11) is 1.46. The summed E-state index contributed by atoms with van der Waals surface area (Å²) in [6, 6.07) is 5.28.